The van der Waals surface area contributed by atoms with E-state index in [-0.39, 0.29) is 0 Å². The second kappa shape index (κ2) is 3.81. The molecular weight excluding hydrogens is 108 g/mol. The third kappa shape index (κ3) is 2.34. The van der Waals surface area contributed by atoms with E-state index in [1.54, 1.807) is 18.6 Å². The van der Waals surface area contributed by atoms with E-state index in [9.17, 15) is 0 Å². The average Bonchev–Trinajstić information content (AvgIpc) is 1.72. The summed E-state index contributed by atoms with van der Waals surface area (Å²) in [4.78, 5) is 0. The quantitative estimate of drug-likeness (QED) is 0.327. The first-order chi connectivity index (χ1) is 3.35. The number of rotatable bonds is 2. The Morgan fingerprint density at radius 3 is 2.43 bits per heavy atom. The average molecular weight is 116 g/mol. The van der Waals surface area contributed by atoms with Crippen molar-refractivity contribution in [3.8, 4) is 0 Å². The molecule has 0 aliphatic heterocycles. The monoisotopic (exact) mass is 116 g/mol. The molecule has 0 aromatic heterocycles. The van der Waals surface area contributed by atoms with Crippen molar-refractivity contribution in [1.29, 1.82) is 0 Å². The fraction of sp³-hybridized carbons (Fsp3) is 0.200. The minimum atomic E-state index is 0.684. The van der Waals surface area contributed by atoms with E-state index in [4.69, 9.17) is 4.74 Å². The zero-order chi connectivity index (χ0) is 5.70. The molecule has 0 fully saturated rings. The third-order valence-electron chi connectivity index (χ3n) is 0.564. The van der Waals surface area contributed by atoms with Gasteiger partial charge >= 0.3 is 0 Å². The molecule has 0 amide bonds. The Balaban J connectivity index is 3.60. The van der Waals surface area contributed by atoms with Crippen LogP contribution in [0.15, 0.2) is 23.8 Å². The summed E-state index contributed by atoms with van der Waals surface area (Å²) in [5, 5.41) is 1.55. The van der Waals surface area contributed by atoms with Crippen molar-refractivity contribution in [2.75, 3.05) is 7.11 Å². The molecule has 0 radical (unpaired) electrons. The van der Waals surface area contributed by atoms with Gasteiger partial charge in [-0.1, -0.05) is 6.58 Å². The number of allylic oxidation sites excluding steroid dienone is 1. The van der Waals surface area contributed by atoms with E-state index in [2.05, 4.69) is 19.2 Å². The zero-order valence-electron chi connectivity index (χ0n) is 4.22. The molecule has 40 valence electrons. The Hall–Kier alpha value is -0.370. The standard InChI is InChI=1S/C5H8OS/c1-3-5(4-7)6-2/h3-4,7H,1H2,2H3/b5-4-. The molecule has 0 aliphatic rings. The van der Waals surface area contributed by atoms with Gasteiger partial charge in [0.15, 0.2) is 0 Å². The van der Waals surface area contributed by atoms with Gasteiger partial charge in [0.05, 0.1) is 7.11 Å². The van der Waals surface area contributed by atoms with Crippen LogP contribution in [0.1, 0.15) is 0 Å². The minimum absolute atomic E-state index is 0.684. The molecule has 0 unspecified atom stereocenters. The van der Waals surface area contributed by atoms with Crippen LogP contribution >= 0.6 is 12.6 Å². The highest BCUT2D eigenvalue weighted by molar-refractivity contribution is 7.83. The van der Waals surface area contributed by atoms with Crippen LogP contribution in [0.25, 0.3) is 0 Å². The van der Waals surface area contributed by atoms with Gasteiger partial charge < -0.3 is 4.74 Å². The van der Waals surface area contributed by atoms with Gasteiger partial charge in [0.1, 0.15) is 5.76 Å². The molecule has 1 nitrogen and oxygen atoms in total. The van der Waals surface area contributed by atoms with Crippen LogP contribution in [0.3, 0.4) is 0 Å². The van der Waals surface area contributed by atoms with Crippen LogP contribution in [-0.4, -0.2) is 7.11 Å². The first kappa shape index (κ1) is 6.63. The van der Waals surface area contributed by atoms with Crippen LogP contribution in [0.4, 0.5) is 0 Å². The first-order valence-electron chi connectivity index (χ1n) is 1.86. The molecule has 0 heterocycles. The SMILES string of the molecule is C=C/C(=C/S)OC. The van der Waals surface area contributed by atoms with E-state index < -0.39 is 0 Å². The van der Waals surface area contributed by atoms with Crippen molar-refractivity contribution in [2.24, 2.45) is 0 Å². The molecule has 0 spiro atoms. The lowest BCUT2D eigenvalue weighted by Gasteiger charge is -1.93. The summed E-state index contributed by atoms with van der Waals surface area (Å²) in [6, 6.07) is 0. The van der Waals surface area contributed by atoms with Crippen molar-refractivity contribution in [3.63, 3.8) is 0 Å². The number of hydrogen-bond acceptors (Lipinski definition) is 2. The van der Waals surface area contributed by atoms with Gasteiger partial charge in [-0.15, -0.1) is 12.6 Å². The molecule has 0 aromatic carbocycles. The molecule has 0 bridgehead atoms. The molecule has 0 aliphatic carbocycles. The van der Waals surface area contributed by atoms with Gasteiger partial charge in [-0.25, -0.2) is 0 Å². The van der Waals surface area contributed by atoms with Crippen molar-refractivity contribution in [2.45, 2.75) is 0 Å². The lowest BCUT2D eigenvalue weighted by molar-refractivity contribution is 0.308. The fourth-order valence-corrected chi connectivity index (χ4v) is 0.400. The molecule has 0 rings (SSSR count). The smallest absolute Gasteiger partial charge is 0.124 e. The minimum Gasteiger partial charge on any atom is -0.496 e. The molecule has 0 saturated carbocycles. The molecule has 2 heteroatoms. The second-order valence-corrected chi connectivity index (χ2v) is 1.20. The van der Waals surface area contributed by atoms with E-state index in [1.165, 1.54) is 0 Å². The summed E-state index contributed by atoms with van der Waals surface area (Å²) >= 11 is 3.82. The Kier molecular flexibility index (Phi) is 3.61. The highest BCUT2D eigenvalue weighted by atomic mass is 32.1. The summed E-state index contributed by atoms with van der Waals surface area (Å²) in [7, 11) is 1.57. The largest absolute Gasteiger partial charge is 0.496 e. The molecule has 0 saturated heterocycles. The summed E-state index contributed by atoms with van der Waals surface area (Å²) in [5.41, 5.74) is 0. The maximum absolute atomic E-state index is 4.72. The second-order valence-electron chi connectivity index (χ2n) is 0.940. The topological polar surface area (TPSA) is 9.23 Å². The van der Waals surface area contributed by atoms with Crippen LogP contribution in [-0.2, 0) is 4.74 Å². The maximum atomic E-state index is 4.72. The predicted octanol–water partition coefficient (Wildman–Crippen LogP) is 1.59. The number of ether oxygens (including phenoxy) is 1. The Morgan fingerprint density at radius 1 is 1.86 bits per heavy atom. The summed E-state index contributed by atoms with van der Waals surface area (Å²) in [6.45, 7) is 3.46. The van der Waals surface area contributed by atoms with Crippen molar-refractivity contribution >= 4 is 12.6 Å². The normalized spacial score (nSPS) is 10.9. The lowest BCUT2D eigenvalue weighted by Crippen LogP contribution is -1.75. The van der Waals surface area contributed by atoms with E-state index in [0.717, 1.165) is 0 Å². The Bertz CT molecular complexity index is 86.1. The molecule has 7 heavy (non-hydrogen) atoms. The van der Waals surface area contributed by atoms with Gasteiger partial charge in [0, 0.05) is 5.41 Å². The highest BCUT2D eigenvalue weighted by Gasteiger charge is 1.78. The number of thiol groups is 1. The predicted molar refractivity (Wildman–Crippen MR) is 34.3 cm³/mol. The van der Waals surface area contributed by atoms with Gasteiger partial charge in [0.2, 0.25) is 0 Å². The van der Waals surface area contributed by atoms with E-state index >= 15 is 0 Å². The lowest BCUT2D eigenvalue weighted by atomic mass is 10.6. The van der Waals surface area contributed by atoms with Crippen molar-refractivity contribution in [3.05, 3.63) is 23.8 Å². The maximum Gasteiger partial charge on any atom is 0.124 e. The van der Waals surface area contributed by atoms with Crippen LogP contribution in [0.5, 0.6) is 0 Å². The van der Waals surface area contributed by atoms with Crippen molar-refractivity contribution < 1.29 is 4.74 Å². The van der Waals surface area contributed by atoms with Crippen LogP contribution < -0.4 is 0 Å². The molecule has 0 aromatic rings. The van der Waals surface area contributed by atoms with Gasteiger partial charge in [-0.2, -0.15) is 0 Å². The van der Waals surface area contributed by atoms with Gasteiger partial charge in [-0.05, 0) is 6.08 Å². The number of hydrogen-bond donors (Lipinski definition) is 1. The van der Waals surface area contributed by atoms with Gasteiger partial charge in [0.25, 0.3) is 0 Å². The van der Waals surface area contributed by atoms with E-state index in [0.29, 0.717) is 5.76 Å². The van der Waals surface area contributed by atoms with Crippen LogP contribution in [0.2, 0.25) is 0 Å². The zero-order valence-corrected chi connectivity index (χ0v) is 5.11. The molecule has 0 N–H and O–H groups in total. The summed E-state index contributed by atoms with van der Waals surface area (Å²) in [5.74, 6) is 0.684. The Labute approximate surface area is 49.1 Å². The highest BCUT2D eigenvalue weighted by Crippen LogP contribution is 1.95. The van der Waals surface area contributed by atoms with E-state index in [1.807, 2.05) is 0 Å². The first-order valence-corrected chi connectivity index (χ1v) is 2.37. The summed E-state index contributed by atoms with van der Waals surface area (Å²) < 4.78 is 4.72. The fourth-order valence-electron chi connectivity index (χ4n) is 0.189. The van der Waals surface area contributed by atoms with Crippen LogP contribution in [0, 0.1) is 0 Å². The Morgan fingerprint density at radius 2 is 2.43 bits per heavy atom. The molecular formula is C5H8OS. The summed E-state index contributed by atoms with van der Waals surface area (Å²) in [6.07, 6.45) is 1.59. The van der Waals surface area contributed by atoms with Gasteiger partial charge in [-0.3, -0.25) is 0 Å². The molecule has 0 atom stereocenters. The third-order valence-corrected chi connectivity index (χ3v) is 0.819. The number of methoxy groups -OCH3 is 1. The van der Waals surface area contributed by atoms with Crippen molar-refractivity contribution in [1.82, 2.24) is 0 Å².